The molecule has 0 spiro atoms. The van der Waals surface area contributed by atoms with E-state index in [2.05, 4.69) is 9.97 Å². The molecule has 6 heteroatoms. The Morgan fingerprint density at radius 1 is 1.30 bits per heavy atom. The fourth-order valence-electron chi connectivity index (χ4n) is 2.11. The summed E-state index contributed by atoms with van der Waals surface area (Å²) in [6.45, 7) is 0. The molecule has 0 saturated heterocycles. The molecule has 6 nitrogen and oxygen atoms in total. The lowest BCUT2D eigenvalue weighted by Crippen LogP contribution is -1.94. The Morgan fingerprint density at radius 3 is 2.85 bits per heavy atom. The molecule has 0 radical (unpaired) electrons. The Kier molecular flexibility index (Phi) is 2.83. The van der Waals surface area contributed by atoms with Gasteiger partial charge in [-0.1, -0.05) is 0 Å². The van der Waals surface area contributed by atoms with Gasteiger partial charge >= 0.3 is 5.69 Å². The molecule has 20 heavy (non-hydrogen) atoms. The number of pyridine rings is 1. The summed E-state index contributed by atoms with van der Waals surface area (Å²) in [5.74, 6) is 0.244. The summed E-state index contributed by atoms with van der Waals surface area (Å²) in [6.07, 6.45) is 1.69. The van der Waals surface area contributed by atoms with Crippen molar-refractivity contribution in [2.24, 2.45) is 0 Å². The molecule has 2 heterocycles. The highest BCUT2D eigenvalue weighted by molar-refractivity contribution is 5.83. The number of fused-ring (bicyclic) bond motifs is 1. The fourth-order valence-corrected chi connectivity index (χ4v) is 2.11. The molecule has 0 fully saturated rings. The van der Waals surface area contributed by atoms with Crippen molar-refractivity contribution in [3.8, 4) is 17.0 Å². The molecule has 3 rings (SSSR count). The van der Waals surface area contributed by atoms with Gasteiger partial charge in [0.2, 0.25) is 0 Å². The Balaban J connectivity index is 2.14. The highest BCUT2D eigenvalue weighted by Gasteiger charge is 2.16. The summed E-state index contributed by atoms with van der Waals surface area (Å²) in [6, 6.07) is 10.5. The number of nitro groups is 1. The predicted molar refractivity (Wildman–Crippen MR) is 74.7 cm³/mol. The van der Waals surface area contributed by atoms with Crippen molar-refractivity contribution < 1.29 is 9.66 Å². The Bertz CT molecular complexity index is 762. The lowest BCUT2D eigenvalue weighted by atomic mass is 10.1. The number of hydrogen-bond acceptors (Lipinski definition) is 4. The second-order valence-electron chi connectivity index (χ2n) is 4.27. The van der Waals surface area contributed by atoms with Gasteiger partial charge in [-0.25, -0.2) is 4.98 Å². The van der Waals surface area contributed by atoms with Crippen LogP contribution in [0.1, 0.15) is 0 Å². The van der Waals surface area contributed by atoms with Gasteiger partial charge in [-0.15, -0.1) is 0 Å². The van der Waals surface area contributed by atoms with Crippen molar-refractivity contribution in [2.45, 2.75) is 0 Å². The average molecular weight is 269 g/mol. The lowest BCUT2D eigenvalue weighted by molar-refractivity contribution is -0.385. The van der Waals surface area contributed by atoms with E-state index >= 15 is 0 Å². The molecule has 3 aromatic rings. The first-order valence-electron chi connectivity index (χ1n) is 5.95. The molecule has 0 atom stereocenters. The largest absolute Gasteiger partial charge is 0.490 e. The summed E-state index contributed by atoms with van der Waals surface area (Å²) in [5, 5.41) is 12.0. The monoisotopic (exact) mass is 269 g/mol. The van der Waals surface area contributed by atoms with Crippen LogP contribution < -0.4 is 4.74 Å². The molecule has 0 aliphatic rings. The third-order valence-electron chi connectivity index (χ3n) is 3.08. The standard InChI is InChI=1S/C14H11N3O3/c1-20-13-5-4-9(8-12(13)17(18)19)11-7-10-3-2-6-15-14(10)16-11/h2-8H,1H3,(H,15,16). The number of nitrogens with one attached hydrogen (secondary N) is 1. The van der Waals surface area contributed by atoms with Gasteiger partial charge in [0.05, 0.1) is 12.0 Å². The second-order valence-corrected chi connectivity index (χ2v) is 4.27. The molecule has 2 aromatic heterocycles. The van der Waals surface area contributed by atoms with E-state index in [1.165, 1.54) is 13.2 Å². The van der Waals surface area contributed by atoms with Crippen molar-refractivity contribution in [1.82, 2.24) is 9.97 Å². The van der Waals surface area contributed by atoms with Crippen LogP contribution in [0.15, 0.2) is 42.6 Å². The number of rotatable bonds is 3. The SMILES string of the molecule is COc1ccc(-c2cc3cccnc3[nH]2)cc1[N+](=O)[O-]. The molecule has 0 unspecified atom stereocenters. The first-order valence-corrected chi connectivity index (χ1v) is 5.95. The molecule has 1 N–H and O–H groups in total. The number of nitrogens with zero attached hydrogens (tertiary/aromatic N) is 2. The van der Waals surface area contributed by atoms with Gasteiger partial charge in [0.15, 0.2) is 5.75 Å². The number of aromatic nitrogens is 2. The molecule has 1 aromatic carbocycles. The van der Waals surface area contributed by atoms with Crippen molar-refractivity contribution in [3.05, 3.63) is 52.7 Å². The van der Waals surface area contributed by atoms with Gasteiger partial charge < -0.3 is 9.72 Å². The zero-order valence-corrected chi connectivity index (χ0v) is 10.7. The van der Waals surface area contributed by atoms with Crippen LogP contribution in [-0.2, 0) is 0 Å². The number of nitro benzene ring substituents is 1. The van der Waals surface area contributed by atoms with E-state index in [0.717, 1.165) is 22.3 Å². The number of benzene rings is 1. The van der Waals surface area contributed by atoms with E-state index < -0.39 is 4.92 Å². The Labute approximate surface area is 114 Å². The fraction of sp³-hybridized carbons (Fsp3) is 0.0714. The Morgan fingerprint density at radius 2 is 2.15 bits per heavy atom. The maximum Gasteiger partial charge on any atom is 0.311 e. The molecule has 0 bridgehead atoms. The van der Waals surface area contributed by atoms with Crippen LogP contribution in [0.3, 0.4) is 0 Å². The first-order chi connectivity index (χ1) is 9.69. The summed E-state index contributed by atoms with van der Waals surface area (Å²) < 4.78 is 4.99. The maximum absolute atomic E-state index is 11.0. The summed E-state index contributed by atoms with van der Waals surface area (Å²) in [4.78, 5) is 17.9. The van der Waals surface area contributed by atoms with Crippen LogP contribution in [0.25, 0.3) is 22.3 Å². The highest BCUT2D eigenvalue weighted by atomic mass is 16.6. The van der Waals surface area contributed by atoms with Crippen molar-refractivity contribution in [1.29, 1.82) is 0 Å². The van der Waals surface area contributed by atoms with Crippen LogP contribution in [0.4, 0.5) is 5.69 Å². The summed E-state index contributed by atoms with van der Waals surface area (Å²) in [7, 11) is 1.41. The maximum atomic E-state index is 11.0. The normalized spacial score (nSPS) is 10.7. The molecule has 0 aliphatic heterocycles. The minimum atomic E-state index is -0.455. The zero-order valence-electron chi connectivity index (χ0n) is 10.7. The molecule has 0 amide bonds. The van der Waals surface area contributed by atoms with Gasteiger partial charge in [-0.3, -0.25) is 10.1 Å². The van der Waals surface area contributed by atoms with Crippen LogP contribution >= 0.6 is 0 Å². The smallest absolute Gasteiger partial charge is 0.311 e. The number of hydrogen-bond donors (Lipinski definition) is 1. The number of methoxy groups -OCH3 is 1. The number of H-pyrrole nitrogens is 1. The average Bonchev–Trinajstić information content (AvgIpc) is 2.90. The summed E-state index contributed by atoms with van der Waals surface area (Å²) in [5.41, 5.74) is 2.19. The van der Waals surface area contributed by atoms with Gasteiger partial charge in [-0.05, 0) is 30.3 Å². The second kappa shape index (κ2) is 4.65. The topological polar surface area (TPSA) is 81.0 Å². The predicted octanol–water partition coefficient (Wildman–Crippen LogP) is 3.15. The van der Waals surface area contributed by atoms with E-state index in [4.69, 9.17) is 4.74 Å². The number of aromatic amines is 1. The van der Waals surface area contributed by atoms with Gasteiger partial charge in [0, 0.05) is 28.9 Å². The third-order valence-corrected chi connectivity index (χ3v) is 3.08. The third kappa shape index (κ3) is 1.97. The minimum Gasteiger partial charge on any atom is -0.490 e. The zero-order chi connectivity index (χ0) is 14.1. The Hall–Kier alpha value is -2.89. The molecular formula is C14H11N3O3. The highest BCUT2D eigenvalue weighted by Crippen LogP contribution is 2.32. The minimum absolute atomic E-state index is 0.0587. The van der Waals surface area contributed by atoms with E-state index in [-0.39, 0.29) is 11.4 Å². The van der Waals surface area contributed by atoms with E-state index in [0.29, 0.717) is 0 Å². The van der Waals surface area contributed by atoms with E-state index in [9.17, 15) is 10.1 Å². The van der Waals surface area contributed by atoms with Gasteiger partial charge in [0.1, 0.15) is 5.65 Å². The van der Waals surface area contributed by atoms with Crippen LogP contribution in [0.5, 0.6) is 5.75 Å². The molecule has 0 aliphatic carbocycles. The van der Waals surface area contributed by atoms with Crippen LogP contribution in [0, 0.1) is 10.1 Å². The molecule has 100 valence electrons. The lowest BCUT2D eigenvalue weighted by Gasteiger charge is -2.03. The van der Waals surface area contributed by atoms with E-state index in [1.807, 2.05) is 18.2 Å². The summed E-state index contributed by atoms with van der Waals surface area (Å²) >= 11 is 0. The number of ether oxygens (including phenoxy) is 1. The van der Waals surface area contributed by atoms with Crippen molar-refractivity contribution in [2.75, 3.05) is 7.11 Å². The molecule has 0 saturated carbocycles. The van der Waals surface area contributed by atoms with Crippen molar-refractivity contribution in [3.63, 3.8) is 0 Å². The van der Waals surface area contributed by atoms with E-state index in [1.54, 1.807) is 18.3 Å². The van der Waals surface area contributed by atoms with Gasteiger partial charge in [0.25, 0.3) is 0 Å². The van der Waals surface area contributed by atoms with Gasteiger partial charge in [-0.2, -0.15) is 0 Å². The van der Waals surface area contributed by atoms with Crippen molar-refractivity contribution >= 4 is 16.7 Å². The quantitative estimate of drug-likeness (QED) is 0.585. The first kappa shape index (κ1) is 12.2. The van der Waals surface area contributed by atoms with Crippen LogP contribution in [-0.4, -0.2) is 22.0 Å². The van der Waals surface area contributed by atoms with Crippen LogP contribution in [0.2, 0.25) is 0 Å². The molecular weight excluding hydrogens is 258 g/mol.